The first-order valence-electron chi connectivity index (χ1n) is 10.3. The first-order valence-corrected chi connectivity index (χ1v) is 10.3. The van der Waals surface area contributed by atoms with E-state index in [4.69, 9.17) is 9.26 Å². The maximum Gasteiger partial charge on any atom is 0.320 e. The lowest BCUT2D eigenvalue weighted by Gasteiger charge is -2.40. The maximum absolute atomic E-state index is 12.7. The third kappa shape index (κ3) is 3.56. The molecule has 2 aliphatic rings. The van der Waals surface area contributed by atoms with Crippen LogP contribution in [-0.4, -0.2) is 32.7 Å². The molecule has 1 aliphatic heterocycles. The highest BCUT2D eigenvalue weighted by Crippen LogP contribution is 2.39. The van der Waals surface area contributed by atoms with Gasteiger partial charge in [-0.1, -0.05) is 17.3 Å². The number of hydrogen-bond acceptors (Lipinski definition) is 6. The standard InChI is InChI=1S/C21H24N6O3/c1-13-12-22-19(23-13)21(8-4-9-21)26-20(28)24-15-6-2-5-14(11-15)17-25-18(30-27-17)16-7-3-10-29-16/h2,5-6,11-12,16H,3-4,7-10H2,1H3,(H,22,23)(H2,24,26,28). The lowest BCUT2D eigenvalue weighted by Crippen LogP contribution is -2.52. The minimum Gasteiger partial charge on any atom is -0.368 e. The highest BCUT2D eigenvalue weighted by atomic mass is 16.5. The van der Waals surface area contributed by atoms with Crippen LogP contribution in [-0.2, 0) is 10.3 Å². The number of ether oxygens (including phenoxy) is 1. The van der Waals surface area contributed by atoms with Crippen molar-refractivity contribution in [2.75, 3.05) is 11.9 Å². The van der Waals surface area contributed by atoms with Gasteiger partial charge in [-0.2, -0.15) is 4.98 Å². The Kier molecular flexibility index (Phi) is 4.74. The molecule has 1 saturated carbocycles. The monoisotopic (exact) mass is 408 g/mol. The molecule has 1 aliphatic carbocycles. The normalized spacial score (nSPS) is 20.0. The SMILES string of the molecule is Cc1cnc(C2(NC(=O)Nc3cccc(-c4noc(C5CCCO5)n4)c3)CCC2)[nH]1. The predicted octanol–water partition coefficient (Wildman–Crippen LogP) is 3.82. The number of carbonyl (C=O) groups is 1. The van der Waals surface area contributed by atoms with Gasteiger partial charge in [-0.15, -0.1) is 0 Å². The molecule has 3 heterocycles. The number of nitrogens with zero attached hydrogens (tertiary/aromatic N) is 3. The molecule has 5 rings (SSSR count). The summed E-state index contributed by atoms with van der Waals surface area (Å²) in [5, 5.41) is 10.1. The topological polar surface area (TPSA) is 118 Å². The van der Waals surface area contributed by atoms with Crippen LogP contribution in [0, 0.1) is 6.92 Å². The van der Waals surface area contributed by atoms with Gasteiger partial charge in [0.2, 0.25) is 5.82 Å². The van der Waals surface area contributed by atoms with E-state index >= 15 is 0 Å². The summed E-state index contributed by atoms with van der Waals surface area (Å²) in [5.74, 6) is 1.79. The van der Waals surface area contributed by atoms with Gasteiger partial charge in [0, 0.05) is 29.7 Å². The zero-order chi connectivity index (χ0) is 20.6. The van der Waals surface area contributed by atoms with Crippen LogP contribution in [0.2, 0.25) is 0 Å². The number of aromatic nitrogens is 4. The Bertz CT molecular complexity index is 1050. The van der Waals surface area contributed by atoms with E-state index in [1.807, 2.05) is 31.2 Å². The van der Waals surface area contributed by atoms with Crippen molar-refractivity contribution in [1.82, 2.24) is 25.4 Å². The molecule has 1 unspecified atom stereocenters. The quantitative estimate of drug-likeness (QED) is 0.591. The van der Waals surface area contributed by atoms with Crippen LogP contribution < -0.4 is 10.6 Å². The van der Waals surface area contributed by atoms with Crippen LogP contribution in [0.15, 0.2) is 35.0 Å². The molecule has 0 bridgehead atoms. The van der Waals surface area contributed by atoms with Crippen LogP contribution in [0.25, 0.3) is 11.4 Å². The summed E-state index contributed by atoms with van der Waals surface area (Å²) >= 11 is 0. The third-order valence-electron chi connectivity index (χ3n) is 5.74. The molecule has 9 heteroatoms. The molecule has 1 atom stereocenters. The zero-order valence-corrected chi connectivity index (χ0v) is 16.8. The number of benzene rings is 1. The molecular formula is C21H24N6O3. The van der Waals surface area contributed by atoms with Gasteiger partial charge in [0.25, 0.3) is 5.89 Å². The van der Waals surface area contributed by atoms with Crippen molar-refractivity contribution >= 4 is 11.7 Å². The molecule has 9 nitrogen and oxygen atoms in total. The summed E-state index contributed by atoms with van der Waals surface area (Å²) < 4.78 is 11.0. The van der Waals surface area contributed by atoms with E-state index in [0.29, 0.717) is 17.4 Å². The summed E-state index contributed by atoms with van der Waals surface area (Å²) in [6, 6.07) is 7.12. The molecular weight excluding hydrogens is 384 g/mol. The Labute approximate surface area is 173 Å². The van der Waals surface area contributed by atoms with Gasteiger partial charge in [0.05, 0.1) is 5.54 Å². The highest BCUT2D eigenvalue weighted by Gasteiger charge is 2.42. The van der Waals surface area contributed by atoms with Gasteiger partial charge >= 0.3 is 6.03 Å². The van der Waals surface area contributed by atoms with Crippen LogP contribution in [0.4, 0.5) is 10.5 Å². The molecule has 2 amide bonds. The Morgan fingerprint density at radius 1 is 1.30 bits per heavy atom. The fraction of sp³-hybridized carbons (Fsp3) is 0.429. The van der Waals surface area contributed by atoms with E-state index in [0.717, 1.165) is 55.8 Å². The van der Waals surface area contributed by atoms with Crippen molar-refractivity contribution in [2.24, 2.45) is 0 Å². The van der Waals surface area contributed by atoms with Gasteiger partial charge in [0.1, 0.15) is 11.9 Å². The number of anilines is 1. The molecule has 3 N–H and O–H groups in total. The molecule has 1 saturated heterocycles. The Morgan fingerprint density at radius 3 is 2.90 bits per heavy atom. The van der Waals surface area contributed by atoms with E-state index < -0.39 is 5.54 Å². The van der Waals surface area contributed by atoms with Crippen molar-refractivity contribution in [3.05, 3.63) is 47.9 Å². The van der Waals surface area contributed by atoms with Gasteiger partial charge in [-0.25, -0.2) is 9.78 Å². The Morgan fingerprint density at radius 2 is 2.20 bits per heavy atom. The predicted molar refractivity (Wildman–Crippen MR) is 109 cm³/mol. The van der Waals surface area contributed by atoms with Gasteiger partial charge < -0.3 is 24.9 Å². The molecule has 2 fully saturated rings. The largest absolute Gasteiger partial charge is 0.368 e. The summed E-state index contributed by atoms with van der Waals surface area (Å²) in [6.45, 7) is 2.67. The molecule has 1 aromatic carbocycles. The van der Waals surface area contributed by atoms with E-state index in [1.165, 1.54) is 0 Å². The summed E-state index contributed by atoms with van der Waals surface area (Å²) in [5.41, 5.74) is 1.97. The molecule has 30 heavy (non-hydrogen) atoms. The van der Waals surface area contributed by atoms with Crippen LogP contribution in [0.5, 0.6) is 0 Å². The average molecular weight is 408 g/mol. The summed E-state index contributed by atoms with van der Waals surface area (Å²) in [4.78, 5) is 24.8. The second kappa shape index (κ2) is 7.56. The molecule has 0 spiro atoms. The number of aryl methyl sites for hydroxylation is 1. The lowest BCUT2D eigenvalue weighted by atomic mass is 9.76. The van der Waals surface area contributed by atoms with E-state index in [1.54, 1.807) is 6.20 Å². The fourth-order valence-corrected chi connectivity index (χ4v) is 3.98. The Hall–Kier alpha value is -3.20. The fourth-order valence-electron chi connectivity index (χ4n) is 3.98. The number of rotatable bonds is 5. The van der Waals surface area contributed by atoms with Gasteiger partial charge in [-0.3, -0.25) is 0 Å². The van der Waals surface area contributed by atoms with Gasteiger partial charge in [-0.05, 0) is 51.2 Å². The number of hydrogen-bond donors (Lipinski definition) is 3. The molecule has 156 valence electrons. The van der Waals surface area contributed by atoms with E-state index in [-0.39, 0.29) is 12.1 Å². The average Bonchev–Trinajstić information content (AvgIpc) is 3.46. The molecule has 0 radical (unpaired) electrons. The summed E-state index contributed by atoms with van der Waals surface area (Å²) in [7, 11) is 0. The van der Waals surface area contributed by atoms with Crippen molar-refractivity contribution in [3.8, 4) is 11.4 Å². The number of amides is 2. The van der Waals surface area contributed by atoms with Crippen molar-refractivity contribution in [3.63, 3.8) is 0 Å². The summed E-state index contributed by atoms with van der Waals surface area (Å²) in [6.07, 6.45) is 6.33. The number of imidazole rings is 1. The minimum absolute atomic E-state index is 0.123. The zero-order valence-electron chi connectivity index (χ0n) is 16.8. The van der Waals surface area contributed by atoms with Gasteiger partial charge in [0.15, 0.2) is 0 Å². The molecule has 2 aromatic heterocycles. The second-order valence-corrected chi connectivity index (χ2v) is 7.97. The van der Waals surface area contributed by atoms with Crippen LogP contribution in [0.1, 0.15) is 55.6 Å². The Balaban J connectivity index is 1.28. The number of H-pyrrole nitrogens is 1. The maximum atomic E-state index is 12.7. The second-order valence-electron chi connectivity index (χ2n) is 7.97. The first kappa shape index (κ1) is 18.8. The van der Waals surface area contributed by atoms with E-state index in [9.17, 15) is 4.79 Å². The minimum atomic E-state index is -0.431. The van der Waals surface area contributed by atoms with Crippen LogP contribution in [0.3, 0.4) is 0 Å². The van der Waals surface area contributed by atoms with Crippen molar-refractivity contribution in [2.45, 2.75) is 50.7 Å². The molecule has 3 aromatic rings. The number of aromatic amines is 1. The first-order chi connectivity index (χ1) is 14.6. The highest BCUT2D eigenvalue weighted by molar-refractivity contribution is 5.90. The van der Waals surface area contributed by atoms with Crippen molar-refractivity contribution < 1.29 is 14.1 Å². The lowest BCUT2D eigenvalue weighted by molar-refractivity contribution is 0.0835. The number of carbonyl (C=O) groups excluding carboxylic acids is 1. The van der Waals surface area contributed by atoms with E-state index in [2.05, 4.69) is 30.7 Å². The number of urea groups is 1. The van der Waals surface area contributed by atoms with Crippen LogP contribution >= 0.6 is 0 Å². The smallest absolute Gasteiger partial charge is 0.320 e. The number of nitrogens with one attached hydrogen (secondary N) is 3. The van der Waals surface area contributed by atoms with Crippen molar-refractivity contribution in [1.29, 1.82) is 0 Å². The third-order valence-corrected chi connectivity index (χ3v) is 5.74.